The van der Waals surface area contributed by atoms with Gasteiger partial charge in [0.25, 0.3) is 8.32 Å². The Kier molecular flexibility index (Phi) is 5.87. The van der Waals surface area contributed by atoms with Crippen LogP contribution in [0.2, 0.25) is 5.04 Å². The highest BCUT2D eigenvalue weighted by atomic mass is 28.4. The smallest absolute Gasteiger partial charge is 0.306 e. The normalized spacial score (nSPS) is 19.0. The number of rotatable bonds is 6. The van der Waals surface area contributed by atoms with E-state index >= 15 is 0 Å². The number of cyclic esters (lactones) is 1. The molecule has 0 saturated carbocycles. The van der Waals surface area contributed by atoms with Crippen LogP contribution in [0.4, 0.5) is 0 Å². The first-order valence-electron chi connectivity index (χ1n) is 9.87. The van der Waals surface area contributed by atoms with Crippen molar-refractivity contribution in [2.45, 2.75) is 64.2 Å². The van der Waals surface area contributed by atoms with Gasteiger partial charge in [-0.1, -0.05) is 88.4 Å². The lowest BCUT2D eigenvalue weighted by Crippen LogP contribution is -2.68. The van der Waals surface area contributed by atoms with Crippen molar-refractivity contribution in [1.29, 1.82) is 0 Å². The van der Waals surface area contributed by atoms with Gasteiger partial charge >= 0.3 is 5.97 Å². The molecule has 0 radical (unpaired) electrons. The molecule has 1 aliphatic rings. The maximum atomic E-state index is 11.7. The van der Waals surface area contributed by atoms with Crippen LogP contribution in [0.3, 0.4) is 0 Å². The Balaban J connectivity index is 2.12. The van der Waals surface area contributed by atoms with E-state index in [1.54, 1.807) is 0 Å². The zero-order valence-corrected chi connectivity index (χ0v) is 17.8. The molecule has 2 aromatic carbocycles. The first-order chi connectivity index (χ1) is 12.9. The average Bonchev–Trinajstić information content (AvgIpc) is 3.09. The van der Waals surface area contributed by atoms with Crippen LogP contribution in [0, 0.1) is 0 Å². The molecule has 2 atom stereocenters. The lowest BCUT2D eigenvalue weighted by Gasteiger charge is -2.45. The van der Waals surface area contributed by atoms with Crippen LogP contribution in [-0.4, -0.2) is 26.5 Å². The van der Waals surface area contributed by atoms with Crippen molar-refractivity contribution in [3.8, 4) is 0 Å². The van der Waals surface area contributed by atoms with Crippen LogP contribution in [0.15, 0.2) is 60.7 Å². The molecule has 1 fully saturated rings. The minimum atomic E-state index is -2.61. The van der Waals surface area contributed by atoms with Gasteiger partial charge in [0, 0.05) is 6.42 Å². The summed E-state index contributed by atoms with van der Waals surface area (Å²) in [7, 11) is -2.61. The van der Waals surface area contributed by atoms with E-state index in [9.17, 15) is 4.79 Å². The van der Waals surface area contributed by atoms with Crippen molar-refractivity contribution in [2.24, 2.45) is 0 Å². The molecule has 3 rings (SSSR count). The molecule has 0 bridgehead atoms. The minimum Gasteiger partial charge on any atom is -0.460 e. The number of benzene rings is 2. The number of hydrogen-bond acceptors (Lipinski definition) is 3. The van der Waals surface area contributed by atoms with Gasteiger partial charge < -0.3 is 9.16 Å². The molecule has 0 aliphatic carbocycles. The third kappa shape index (κ3) is 3.87. The van der Waals surface area contributed by atoms with Crippen molar-refractivity contribution >= 4 is 24.7 Å². The Morgan fingerprint density at radius 1 is 1.04 bits per heavy atom. The molecular weight excluding hydrogens is 352 g/mol. The lowest BCUT2D eigenvalue weighted by atomic mass is 10.1. The standard InChI is InChI=1S/C23H30O3Si/c1-5-20(21-16-17-22(24)25-21)26-27(23(2,3)4,18-12-8-6-9-13-18)19-14-10-7-11-15-19/h6-15,20-21H,5,16-17H2,1-4H3/t20?,21-/m0/s1. The summed E-state index contributed by atoms with van der Waals surface area (Å²) in [5.74, 6) is -0.107. The summed E-state index contributed by atoms with van der Waals surface area (Å²) in [5, 5.41) is 2.43. The molecular formula is C23H30O3Si. The zero-order chi connectivity index (χ0) is 19.5. The fourth-order valence-electron chi connectivity index (χ4n) is 4.15. The summed E-state index contributed by atoms with van der Waals surface area (Å²) < 4.78 is 12.7. The van der Waals surface area contributed by atoms with Crippen LogP contribution in [0.25, 0.3) is 0 Å². The van der Waals surface area contributed by atoms with Crippen molar-refractivity contribution in [1.82, 2.24) is 0 Å². The number of esters is 1. The first kappa shape index (κ1) is 19.8. The minimum absolute atomic E-state index is 0.0776. The van der Waals surface area contributed by atoms with Crippen LogP contribution in [-0.2, 0) is 14.0 Å². The molecule has 1 unspecified atom stereocenters. The van der Waals surface area contributed by atoms with Crippen LogP contribution in [0.1, 0.15) is 47.0 Å². The number of carbonyl (C=O) groups excluding carboxylic acids is 1. The predicted octanol–water partition coefficient (Wildman–Crippen LogP) is 4.05. The monoisotopic (exact) mass is 382 g/mol. The summed E-state index contributed by atoms with van der Waals surface area (Å²) >= 11 is 0. The molecule has 0 N–H and O–H groups in total. The number of ether oxygens (including phenoxy) is 1. The Labute approximate surface area is 163 Å². The van der Waals surface area contributed by atoms with Gasteiger partial charge in [-0.25, -0.2) is 0 Å². The van der Waals surface area contributed by atoms with E-state index in [1.807, 2.05) is 12.1 Å². The van der Waals surface area contributed by atoms with Gasteiger partial charge in [-0.05, 0) is 28.3 Å². The van der Waals surface area contributed by atoms with Crippen LogP contribution >= 0.6 is 0 Å². The van der Waals surface area contributed by atoms with Gasteiger partial charge in [0.2, 0.25) is 0 Å². The Morgan fingerprint density at radius 3 is 1.93 bits per heavy atom. The second-order valence-electron chi connectivity index (χ2n) is 8.29. The molecule has 4 heteroatoms. The predicted molar refractivity (Wildman–Crippen MR) is 112 cm³/mol. The van der Waals surface area contributed by atoms with Gasteiger partial charge in [-0.2, -0.15) is 0 Å². The summed E-state index contributed by atoms with van der Waals surface area (Å²) in [5.41, 5.74) is 0. The van der Waals surface area contributed by atoms with Crippen LogP contribution in [0.5, 0.6) is 0 Å². The third-order valence-electron chi connectivity index (χ3n) is 5.48. The summed E-state index contributed by atoms with van der Waals surface area (Å²) in [4.78, 5) is 11.7. The molecule has 2 aromatic rings. The molecule has 0 spiro atoms. The quantitative estimate of drug-likeness (QED) is 0.559. The fourth-order valence-corrected chi connectivity index (χ4v) is 8.94. The van der Waals surface area contributed by atoms with Gasteiger partial charge in [0.15, 0.2) is 0 Å². The van der Waals surface area contributed by atoms with Crippen molar-refractivity contribution in [3.05, 3.63) is 60.7 Å². The first-order valence-corrected chi connectivity index (χ1v) is 11.8. The largest absolute Gasteiger partial charge is 0.460 e. The van der Waals surface area contributed by atoms with E-state index in [4.69, 9.17) is 9.16 Å². The van der Waals surface area contributed by atoms with Gasteiger partial charge in [0.1, 0.15) is 6.10 Å². The topological polar surface area (TPSA) is 35.5 Å². The fraction of sp³-hybridized carbons (Fsp3) is 0.435. The summed E-state index contributed by atoms with van der Waals surface area (Å²) in [6.45, 7) is 8.93. The molecule has 1 aliphatic heterocycles. The van der Waals surface area contributed by atoms with Gasteiger partial charge in [0.05, 0.1) is 6.10 Å². The van der Waals surface area contributed by atoms with Crippen molar-refractivity contribution in [3.63, 3.8) is 0 Å². The van der Waals surface area contributed by atoms with E-state index < -0.39 is 8.32 Å². The van der Waals surface area contributed by atoms with E-state index in [-0.39, 0.29) is 23.2 Å². The van der Waals surface area contributed by atoms with Crippen molar-refractivity contribution in [2.75, 3.05) is 0 Å². The highest BCUT2D eigenvalue weighted by molar-refractivity contribution is 6.99. The SMILES string of the molecule is CCC(O[Si](c1ccccc1)(c1ccccc1)C(C)(C)C)[C@@H]1CCC(=O)O1. The van der Waals surface area contributed by atoms with Gasteiger partial charge in [-0.15, -0.1) is 0 Å². The number of hydrogen-bond donors (Lipinski definition) is 0. The average molecular weight is 383 g/mol. The summed E-state index contributed by atoms with van der Waals surface area (Å²) in [6, 6.07) is 21.2. The zero-order valence-electron chi connectivity index (χ0n) is 16.8. The lowest BCUT2D eigenvalue weighted by molar-refractivity contribution is -0.144. The highest BCUT2D eigenvalue weighted by Gasteiger charge is 2.52. The Morgan fingerprint density at radius 2 is 1.56 bits per heavy atom. The Bertz CT molecular complexity index is 713. The molecule has 1 heterocycles. The molecule has 144 valence electrons. The second-order valence-corrected chi connectivity index (χ2v) is 12.5. The maximum absolute atomic E-state index is 11.7. The van der Waals surface area contributed by atoms with E-state index in [0.717, 1.165) is 12.8 Å². The highest BCUT2D eigenvalue weighted by Crippen LogP contribution is 2.39. The number of carbonyl (C=O) groups is 1. The summed E-state index contributed by atoms with van der Waals surface area (Å²) in [6.07, 6.45) is 1.82. The molecule has 1 saturated heterocycles. The van der Waals surface area contributed by atoms with Crippen LogP contribution < -0.4 is 10.4 Å². The van der Waals surface area contributed by atoms with E-state index in [1.165, 1.54) is 10.4 Å². The van der Waals surface area contributed by atoms with E-state index in [2.05, 4.69) is 76.2 Å². The Hall–Kier alpha value is -1.91. The second kappa shape index (κ2) is 7.99. The van der Waals surface area contributed by atoms with Crippen molar-refractivity contribution < 1.29 is 14.0 Å². The third-order valence-corrected chi connectivity index (χ3v) is 10.5. The molecule has 27 heavy (non-hydrogen) atoms. The molecule has 0 aromatic heterocycles. The maximum Gasteiger partial charge on any atom is 0.306 e. The molecule has 0 amide bonds. The molecule has 3 nitrogen and oxygen atoms in total. The van der Waals surface area contributed by atoms with E-state index in [0.29, 0.717) is 6.42 Å². The van der Waals surface area contributed by atoms with Gasteiger partial charge in [-0.3, -0.25) is 4.79 Å².